The van der Waals surface area contributed by atoms with Crippen LogP contribution in [0.5, 0.6) is 0 Å². The standard InChI is InChI=1S/C9H10BrClN2O2S/c1-13(9(15)12-8(14)3-11)4-7-2-6(10)5-16-7/h2,5H,3-4H2,1H3,(H,12,14,15). The Bertz CT molecular complexity index is 397. The molecule has 1 aromatic rings. The molecule has 0 aliphatic carbocycles. The number of nitrogens with one attached hydrogen (secondary N) is 1. The molecule has 1 heterocycles. The third kappa shape index (κ3) is 4.11. The van der Waals surface area contributed by atoms with Crippen LogP contribution in [0, 0.1) is 0 Å². The van der Waals surface area contributed by atoms with Crippen LogP contribution in [0.2, 0.25) is 0 Å². The van der Waals surface area contributed by atoms with Gasteiger partial charge in [0, 0.05) is 21.8 Å². The minimum atomic E-state index is -0.495. The Kier molecular flexibility index (Phi) is 5.24. The zero-order chi connectivity index (χ0) is 12.1. The number of urea groups is 1. The molecule has 0 spiro atoms. The first kappa shape index (κ1) is 13.5. The number of thiophene rings is 1. The average Bonchev–Trinajstić information content (AvgIpc) is 2.63. The fraction of sp³-hybridized carbons (Fsp3) is 0.333. The number of amides is 3. The van der Waals surface area contributed by atoms with Gasteiger partial charge in [-0.05, 0) is 22.0 Å². The second kappa shape index (κ2) is 6.22. The molecule has 3 amide bonds. The van der Waals surface area contributed by atoms with Crippen LogP contribution < -0.4 is 5.32 Å². The molecular formula is C9H10BrClN2O2S. The van der Waals surface area contributed by atoms with Crippen LogP contribution in [0.25, 0.3) is 0 Å². The van der Waals surface area contributed by atoms with Crippen molar-refractivity contribution in [1.29, 1.82) is 0 Å². The first-order valence-electron chi connectivity index (χ1n) is 4.36. The molecule has 7 heteroatoms. The predicted octanol–water partition coefficient (Wildman–Crippen LogP) is 2.42. The number of carbonyl (C=O) groups is 2. The Labute approximate surface area is 111 Å². The van der Waals surface area contributed by atoms with E-state index in [0.29, 0.717) is 6.54 Å². The van der Waals surface area contributed by atoms with E-state index in [2.05, 4.69) is 21.2 Å². The summed E-state index contributed by atoms with van der Waals surface area (Å²) in [5.74, 6) is -0.713. The van der Waals surface area contributed by atoms with Gasteiger partial charge in [-0.15, -0.1) is 22.9 Å². The van der Waals surface area contributed by atoms with Crippen molar-refractivity contribution in [2.75, 3.05) is 12.9 Å². The van der Waals surface area contributed by atoms with Gasteiger partial charge in [0.1, 0.15) is 5.88 Å². The molecule has 0 fully saturated rings. The number of nitrogens with zero attached hydrogens (tertiary/aromatic N) is 1. The fourth-order valence-electron chi connectivity index (χ4n) is 0.990. The van der Waals surface area contributed by atoms with Gasteiger partial charge in [-0.1, -0.05) is 0 Å². The lowest BCUT2D eigenvalue weighted by Crippen LogP contribution is -2.40. The molecule has 1 rings (SSSR count). The number of hydrogen-bond donors (Lipinski definition) is 1. The highest BCUT2D eigenvalue weighted by Crippen LogP contribution is 2.20. The Morgan fingerprint density at radius 1 is 1.62 bits per heavy atom. The Morgan fingerprint density at radius 3 is 2.81 bits per heavy atom. The minimum Gasteiger partial charge on any atom is -0.322 e. The van der Waals surface area contributed by atoms with E-state index in [1.807, 2.05) is 11.4 Å². The smallest absolute Gasteiger partial charge is 0.322 e. The molecule has 0 aliphatic heterocycles. The van der Waals surface area contributed by atoms with Gasteiger partial charge < -0.3 is 4.90 Å². The molecule has 0 aromatic carbocycles. The monoisotopic (exact) mass is 324 g/mol. The van der Waals surface area contributed by atoms with Crippen molar-refractivity contribution in [3.63, 3.8) is 0 Å². The summed E-state index contributed by atoms with van der Waals surface area (Å²) in [6.45, 7) is 0.456. The van der Waals surface area contributed by atoms with E-state index < -0.39 is 11.9 Å². The number of imide groups is 1. The summed E-state index contributed by atoms with van der Waals surface area (Å²) in [5.41, 5.74) is 0. The molecule has 0 saturated heterocycles. The van der Waals surface area contributed by atoms with Gasteiger partial charge in [0.15, 0.2) is 0 Å². The predicted molar refractivity (Wildman–Crippen MR) is 67.7 cm³/mol. The minimum absolute atomic E-state index is 0.218. The van der Waals surface area contributed by atoms with E-state index in [9.17, 15) is 9.59 Å². The molecule has 1 N–H and O–H groups in total. The van der Waals surface area contributed by atoms with E-state index in [0.717, 1.165) is 9.35 Å². The van der Waals surface area contributed by atoms with Gasteiger partial charge in [0.2, 0.25) is 5.91 Å². The SMILES string of the molecule is CN(Cc1cc(Br)cs1)C(=O)NC(=O)CCl. The van der Waals surface area contributed by atoms with Crippen LogP contribution in [0.4, 0.5) is 4.79 Å². The lowest BCUT2D eigenvalue weighted by atomic mass is 10.4. The maximum Gasteiger partial charge on any atom is 0.324 e. The van der Waals surface area contributed by atoms with Gasteiger partial charge in [-0.3, -0.25) is 10.1 Å². The number of hydrogen-bond acceptors (Lipinski definition) is 3. The molecule has 4 nitrogen and oxygen atoms in total. The number of carbonyl (C=O) groups excluding carboxylic acids is 2. The van der Waals surface area contributed by atoms with Gasteiger partial charge in [0.25, 0.3) is 0 Å². The van der Waals surface area contributed by atoms with Crippen molar-refractivity contribution in [1.82, 2.24) is 10.2 Å². The zero-order valence-electron chi connectivity index (χ0n) is 8.50. The van der Waals surface area contributed by atoms with Crippen LogP contribution in [0.3, 0.4) is 0 Å². The molecule has 16 heavy (non-hydrogen) atoms. The highest BCUT2D eigenvalue weighted by atomic mass is 79.9. The molecule has 88 valence electrons. The van der Waals surface area contributed by atoms with E-state index in [4.69, 9.17) is 11.6 Å². The average molecular weight is 326 g/mol. The normalized spacial score (nSPS) is 9.94. The molecule has 0 unspecified atom stereocenters. The van der Waals surface area contributed by atoms with E-state index in [1.54, 1.807) is 18.4 Å². The first-order chi connectivity index (χ1) is 7.52. The van der Waals surface area contributed by atoms with Crippen LogP contribution >= 0.6 is 38.9 Å². The highest BCUT2D eigenvalue weighted by molar-refractivity contribution is 9.10. The molecular weight excluding hydrogens is 316 g/mol. The van der Waals surface area contributed by atoms with Gasteiger partial charge in [-0.25, -0.2) is 4.79 Å². The molecule has 0 radical (unpaired) electrons. The molecule has 0 aliphatic rings. The summed E-state index contributed by atoms with van der Waals surface area (Å²) in [7, 11) is 1.62. The quantitative estimate of drug-likeness (QED) is 0.868. The largest absolute Gasteiger partial charge is 0.324 e. The first-order valence-corrected chi connectivity index (χ1v) is 6.57. The van der Waals surface area contributed by atoms with Crippen molar-refractivity contribution in [3.05, 3.63) is 20.8 Å². The summed E-state index contributed by atoms with van der Waals surface area (Å²) < 4.78 is 0.984. The summed E-state index contributed by atoms with van der Waals surface area (Å²) in [4.78, 5) is 24.8. The van der Waals surface area contributed by atoms with Gasteiger partial charge >= 0.3 is 6.03 Å². The van der Waals surface area contributed by atoms with Crippen molar-refractivity contribution in [2.24, 2.45) is 0 Å². The Balaban J connectivity index is 2.48. The maximum absolute atomic E-state index is 11.5. The Hall–Kier alpha value is -0.590. The van der Waals surface area contributed by atoms with Gasteiger partial charge in [-0.2, -0.15) is 0 Å². The lowest BCUT2D eigenvalue weighted by molar-refractivity contribution is -0.117. The fourth-order valence-corrected chi connectivity index (χ4v) is 2.56. The lowest BCUT2D eigenvalue weighted by Gasteiger charge is -2.15. The Morgan fingerprint density at radius 2 is 2.31 bits per heavy atom. The highest BCUT2D eigenvalue weighted by Gasteiger charge is 2.12. The molecule has 0 bridgehead atoms. The number of halogens is 2. The summed E-state index contributed by atoms with van der Waals surface area (Å²) >= 11 is 10.1. The van der Waals surface area contributed by atoms with Crippen LogP contribution in [-0.4, -0.2) is 29.8 Å². The summed E-state index contributed by atoms with van der Waals surface area (Å²) in [5, 5.41) is 4.10. The number of alkyl halides is 1. The van der Waals surface area contributed by atoms with E-state index in [-0.39, 0.29) is 5.88 Å². The molecule has 0 atom stereocenters. The number of rotatable bonds is 3. The van der Waals surface area contributed by atoms with Crippen LogP contribution in [0.15, 0.2) is 15.9 Å². The topological polar surface area (TPSA) is 49.4 Å². The second-order valence-electron chi connectivity index (χ2n) is 3.07. The molecule has 0 saturated carbocycles. The van der Waals surface area contributed by atoms with Crippen molar-refractivity contribution < 1.29 is 9.59 Å². The van der Waals surface area contributed by atoms with Crippen LogP contribution in [-0.2, 0) is 11.3 Å². The second-order valence-corrected chi connectivity index (χ2v) is 5.25. The van der Waals surface area contributed by atoms with Crippen molar-refractivity contribution >= 4 is 50.8 Å². The van der Waals surface area contributed by atoms with Gasteiger partial charge in [0.05, 0.1) is 6.54 Å². The summed E-state index contributed by atoms with van der Waals surface area (Å²) in [6, 6.07) is 1.48. The van der Waals surface area contributed by atoms with Crippen LogP contribution in [0.1, 0.15) is 4.88 Å². The molecule has 1 aromatic heterocycles. The maximum atomic E-state index is 11.5. The zero-order valence-corrected chi connectivity index (χ0v) is 11.7. The third-order valence-electron chi connectivity index (χ3n) is 1.73. The third-order valence-corrected chi connectivity index (χ3v) is 3.65. The summed E-state index contributed by atoms with van der Waals surface area (Å²) in [6.07, 6.45) is 0. The van der Waals surface area contributed by atoms with E-state index in [1.165, 1.54) is 4.90 Å². The van der Waals surface area contributed by atoms with Crippen molar-refractivity contribution in [3.8, 4) is 0 Å². The van der Waals surface area contributed by atoms with E-state index >= 15 is 0 Å². The van der Waals surface area contributed by atoms with Crippen molar-refractivity contribution in [2.45, 2.75) is 6.54 Å².